The van der Waals surface area contributed by atoms with Crippen LogP contribution in [-0.4, -0.2) is 7.11 Å². The fourth-order valence-electron chi connectivity index (χ4n) is 1.90. The van der Waals surface area contributed by atoms with Crippen molar-refractivity contribution in [2.24, 2.45) is 0 Å². The molecule has 0 atom stereocenters. The summed E-state index contributed by atoms with van der Waals surface area (Å²) in [6.07, 6.45) is 2.54. The second-order valence-electron chi connectivity index (χ2n) is 4.13. The number of hydrogen-bond donors (Lipinski definition) is 0. The Balaban J connectivity index is 2.41. The van der Waals surface area contributed by atoms with Crippen molar-refractivity contribution in [2.75, 3.05) is 7.11 Å². The topological polar surface area (TPSA) is 9.23 Å². The maximum absolute atomic E-state index is 13.9. The summed E-state index contributed by atoms with van der Waals surface area (Å²) in [7, 11) is 1.31. The summed E-state index contributed by atoms with van der Waals surface area (Å²) in [5, 5.41) is 0. The molecule has 0 radical (unpaired) electrons. The van der Waals surface area contributed by atoms with Gasteiger partial charge in [-0.05, 0) is 29.7 Å². The summed E-state index contributed by atoms with van der Waals surface area (Å²) >= 11 is 0. The second-order valence-corrected chi connectivity index (χ2v) is 4.13. The Bertz CT molecular complexity index is 588. The Morgan fingerprint density at radius 1 is 1.05 bits per heavy atom. The molecule has 0 heterocycles. The molecule has 0 unspecified atom stereocenters. The van der Waals surface area contributed by atoms with E-state index in [1.165, 1.54) is 19.2 Å². The molecule has 2 rings (SSSR count). The Morgan fingerprint density at radius 2 is 1.74 bits per heavy atom. The quantitative estimate of drug-likeness (QED) is 0.742. The molecule has 0 spiro atoms. The highest BCUT2D eigenvalue weighted by Gasteiger charge is 2.14. The molecule has 0 aliphatic heterocycles. The predicted octanol–water partition coefficient (Wildman–Crippen LogP) is 4.37. The number of hydrogen-bond acceptors (Lipinski definition) is 1. The highest BCUT2D eigenvalue weighted by molar-refractivity contribution is 5.65. The van der Waals surface area contributed by atoms with Gasteiger partial charge in [0.1, 0.15) is 0 Å². The van der Waals surface area contributed by atoms with Crippen LogP contribution < -0.4 is 4.74 Å². The van der Waals surface area contributed by atoms with E-state index in [1.807, 2.05) is 12.1 Å². The summed E-state index contributed by atoms with van der Waals surface area (Å²) in [6, 6.07) is 10.2. The van der Waals surface area contributed by atoms with Crippen molar-refractivity contribution in [2.45, 2.75) is 6.42 Å². The Hall–Kier alpha value is -2.16. The molecule has 19 heavy (non-hydrogen) atoms. The molecular formula is C16H14F2O. The monoisotopic (exact) mass is 260 g/mol. The second kappa shape index (κ2) is 5.65. The predicted molar refractivity (Wildman–Crippen MR) is 72.2 cm³/mol. The SMILES string of the molecule is C=CCc1ccc(-c2ccc(OC)c(F)c2F)cc1. The van der Waals surface area contributed by atoms with Crippen LogP contribution in [0, 0.1) is 11.6 Å². The van der Waals surface area contributed by atoms with E-state index in [2.05, 4.69) is 6.58 Å². The standard InChI is InChI=1S/C16H14F2O/c1-3-4-11-5-7-12(8-6-11)13-9-10-14(19-2)16(18)15(13)17/h3,5-10H,1,4H2,2H3. The van der Waals surface area contributed by atoms with Gasteiger partial charge in [0.05, 0.1) is 7.11 Å². The van der Waals surface area contributed by atoms with Crippen LogP contribution in [0.5, 0.6) is 5.75 Å². The van der Waals surface area contributed by atoms with Crippen LogP contribution in [0.3, 0.4) is 0 Å². The summed E-state index contributed by atoms with van der Waals surface area (Å²) in [5.41, 5.74) is 1.93. The third-order valence-electron chi connectivity index (χ3n) is 2.91. The van der Waals surface area contributed by atoms with Crippen LogP contribution in [0.1, 0.15) is 5.56 Å². The van der Waals surface area contributed by atoms with Gasteiger partial charge in [-0.15, -0.1) is 6.58 Å². The average molecular weight is 260 g/mol. The van der Waals surface area contributed by atoms with Gasteiger partial charge in [0.2, 0.25) is 5.82 Å². The van der Waals surface area contributed by atoms with E-state index in [-0.39, 0.29) is 11.3 Å². The Labute approximate surface area is 111 Å². The van der Waals surface area contributed by atoms with E-state index < -0.39 is 11.6 Å². The lowest BCUT2D eigenvalue weighted by molar-refractivity contribution is 0.372. The fraction of sp³-hybridized carbons (Fsp3) is 0.125. The largest absolute Gasteiger partial charge is 0.494 e. The molecule has 2 aromatic carbocycles. The zero-order chi connectivity index (χ0) is 13.8. The Kier molecular flexibility index (Phi) is 3.95. The van der Waals surface area contributed by atoms with E-state index in [9.17, 15) is 8.78 Å². The van der Waals surface area contributed by atoms with Crippen LogP contribution in [0.15, 0.2) is 49.1 Å². The lowest BCUT2D eigenvalue weighted by atomic mass is 10.0. The van der Waals surface area contributed by atoms with Gasteiger partial charge in [0.15, 0.2) is 11.6 Å². The van der Waals surface area contributed by atoms with Crippen LogP contribution in [0.4, 0.5) is 8.78 Å². The number of allylic oxidation sites excluding steroid dienone is 1. The molecule has 0 aromatic heterocycles. The number of halogens is 2. The summed E-state index contributed by atoms with van der Waals surface area (Å²) in [6.45, 7) is 3.66. The molecule has 0 aliphatic rings. The number of methoxy groups -OCH3 is 1. The molecule has 0 saturated carbocycles. The molecule has 2 aromatic rings. The van der Waals surface area contributed by atoms with E-state index in [1.54, 1.807) is 18.2 Å². The first kappa shape index (κ1) is 13.3. The van der Waals surface area contributed by atoms with Gasteiger partial charge < -0.3 is 4.74 Å². The average Bonchev–Trinajstić information content (AvgIpc) is 2.43. The van der Waals surface area contributed by atoms with Crippen molar-refractivity contribution < 1.29 is 13.5 Å². The molecule has 0 amide bonds. The first-order valence-corrected chi connectivity index (χ1v) is 5.89. The summed E-state index contributed by atoms with van der Waals surface area (Å²) in [4.78, 5) is 0. The fourth-order valence-corrected chi connectivity index (χ4v) is 1.90. The smallest absolute Gasteiger partial charge is 0.201 e. The molecule has 1 nitrogen and oxygen atoms in total. The van der Waals surface area contributed by atoms with Gasteiger partial charge in [0.25, 0.3) is 0 Å². The van der Waals surface area contributed by atoms with E-state index >= 15 is 0 Å². The van der Waals surface area contributed by atoms with Crippen molar-refractivity contribution in [1.82, 2.24) is 0 Å². The van der Waals surface area contributed by atoms with Gasteiger partial charge in [-0.2, -0.15) is 4.39 Å². The van der Waals surface area contributed by atoms with E-state index in [0.29, 0.717) is 5.56 Å². The van der Waals surface area contributed by atoms with Crippen LogP contribution in [0.2, 0.25) is 0 Å². The third-order valence-corrected chi connectivity index (χ3v) is 2.91. The lowest BCUT2D eigenvalue weighted by Crippen LogP contribution is -1.95. The van der Waals surface area contributed by atoms with Gasteiger partial charge in [0, 0.05) is 5.56 Å². The van der Waals surface area contributed by atoms with Gasteiger partial charge in [-0.25, -0.2) is 4.39 Å². The molecule has 0 saturated heterocycles. The minimum absolute atomic E-state index is 0.0930. The van der Waals surface area contributed by atoms with Crippen molar-refractivity contribution in [3.05, 3.63) is 66.3 Å². The normalized spacial score (nSPS) is 10.3. The van der Waals surface area contributed by atoms with Gasteiger partial charge >= 0.3 is 0 Å². The highest BCUT2D eigenvalue weighted by atomic mass is 19.2. The molecular weight excluding hydrogens is 246 g/mol. The van der Waals surface area contributed by atoms with Crippen LogP contribution in [-0.2, 0) is 6.42 Å². The molecule has 0 bridgehead atoms. The van der Waals surface area contributed by atoms with Crippen molar-refractivity contribution >= 4 is 0 Å². The molecule has 0 fully saturated rings. The van der Waals surface area contributed by atoms with E-state index in [0.717, 1.165) is 12.0 Å². The summed E-state index contributed by atoms with van der Waals surface area (Å²) < 4.78 is 32.3. The molecule has 0 aliphatic carbocycles. The van der Waals surface area contributed by atoms with Crippen molar-refractivity contribution in [3.63, 3.8) is 0 Å². The maximum atomic E-state index is 13.9. The number of rotatable bonds is 4. The zero-order valence-electron chi connectivity index (χ0n) is 10.6. The first-order valence-electron chi connectivity index (χ1n) is 5.89. The van der Waals surface area contributed by atoms with Crippen molar-refractivity contribution in [1.29, 1.82) is 0 Å². The van der Waals surface area contributed by atoms with Gasteiger partial charge in [-0.1, -0.05) is 30.3 Å². The minimum Gasteiger partial charge on any atom is -0.494 e. The third kappa shape index (κ3) is 2.65. The first-order chi connectivity index (χ1) is 9.17. The van der Waals surface area contributed by atoms with E-state index in [4.69, 9.17) is 4.74 Å². The lowest BCUT2D eigenvalue weighted by Gasteiger charge is -2.08. The summed E-state index contributed by atoms with van der Waals surface area (Å²) in [5.74, 6) is -1.95. The number of ether oxygens (including phenoxy) is 1. The minimum atomic E-state index is -0.963. The van der Waals surface area contributed by atoms with Crippen molar-refractivity contribution in [3.8, 4) is 16.9 Å². The molecule has 3 heteroatoms. The highest BCUT2D eigenvalue weighted by Crippen LogP contribution is 2.29. The number of benzene rings is 2. The zero-order valence-corrected chi connectivity index (χ0v) is 10.6. The van der Waals surface area contributed by atoms with Crippen LogP contribution >= 0.6 is 0 Å². The van der Waals surface area contributed by atoms with Gasteiger partial charge in [-0.3, -0.25) is 0 Å². The Morgan fingerprint density at radius 3 is 2.32 bits per heavy atom. The molecule has 0 N–H and O–H groups in total. The maximum Gasteiger partial charge on any atom is 0.201 e. The van der Waals surface area contributed by atoms with Crippen LogP contribution in [0.25, 0.3) is 11.1 Å². The molecule has 98 valence electrons.